The first-order valence-corrected chi connectivity index (χ1v) is 24.0. The summed E-state index contributed by atoms with van der Waals surface area (Å²) in [5.41, 5.74) is 1.01. The smallest absolute Gasteiger partial charge is 0.271 e. The van der Waals surface area contributed by atoms with Gasteiger partial charge in [0.2, 0.25) is 0 Å². The van der Waals surface area contributed by atoms with Crippen LogP contribution in [0.2, 0.25) is 0 Å². The molecule has 4 saturated heterocycles. The molecule has 7 rings (SSSR count). The molecule has 3 aromatic carbocycles. The van der Waals surface area contributed by atoms with Crippen LogP contribution in [0.15, 0.2) is 87.2 Å². The van der Waals surface area contributed by atoms with Gasteiger partial charge in [0.1, 0.15) is 115 Å². The number of non-ortho nitro benzene ring substituents is 1. The van der Waals surface area contributed by atoms with E-state index in [1.807, 2.05) is 0 Å². The number of nitro benzene ring substituents is 1. The summed E-state index contributed by atoms with van der Waals surface area (Å²) in [7, 11) is 1.37. The molecule has 2 unspecified atom stereocenters. The van der Waals surface area contributed by atoms with Crippen LogP contribution in [0.3, 0.4) is 0 Å². The number of benzene rings is 3. The molecule has 4 aliphatic heterocycles. The Morgan fingerprint density at radius 1 is 0.557 bits per heavy atom. The summed E-state index contributed by atoms with van der Waals surface area (Å²) < 4.78 is 43.7. The molecule has 0 aliphatic carbocycles. The van der Waals surface area contributed by atoms with Gasteiger partial charge in [-0.25, -0.2) is 0 Å². The third-order valence-electron chi connectivity index (χ3n) is 12.9. The number of amides is 2. The van der Waals surface area contributed by atoms with Crippen LogP contribution in [0.5, 0.6) is 11.5 Å². The summed E-state index contributed by atoms with van der Waals surface area (Å²) in [6, 6.07) is 15.2. The maximum Gasteiger partial charge on any atom is 0.271 e. The van der Waals surface area contributed by atoms with E-state index in [2.05, 4.69) is 31.1 Å². The zero-order valence-electron chi connectivity index (χ0n) is 41.2. The van der Waals surface area contributed by atoms with Gasteiger partial charge >= 0.3 is 0 Å². The summed E-state index contributed by atoms with van der Waals surface area (Å²) in [6.45, 7) is -3.31. The molecule has 79 heavy (non-hydrogen) atoms. The monoisotopic (exact) mass is 1130 g/mol. The van der Waals surface area contributed by atoms with E-state index in [9.17, 15) is 91.2 Å². The number of carbonyl (C=O) groups is 2. The number of hydrogen-bond acceptors (Lipinski definition) is 30. The summed E-state index contributed by atoms with van der Waals surface area (Å²) in [4.78, 5) is 38.4. The van der Waals surface area contributed by atoms with Gasteiger partial charge in [0, 0.05) is 31.3 Å². The number of methoxy groups -OCH3 is 1. The van der Waals surface area contributed by atoms with Crippen molar-refractivity contribution in [3.8, 4) is 11.5 Å². The highest BCUT2D eigenvalue weighted by molar-refractivity contribution is 6.03. The Morgan fingerprint density at radius 3 is 1.43 bits per heavy atom. The van der Waals surface area contributed by atoms with Crippen molar-refractivity contribution in [1.29, 1.82) is 0 Å². The van der Waals surface area contributed by atoms with Crippen LogP contribution in [-0.2, 0) is 38.0 Å². The van der Waals surface area contributed by atoms with E-state index >= 15 is 0 Å². The second-order valence-corrected chi connectivity index (χ2v) is 18.2. The number of carbonyl (C=O) groups excluding carboxylic acids is 2. The van der Waals surface area contributed by atoms with E-state index < -0.39 is 172 Å². The molecule has 3 aromatic rings. The number of rotatable bonds is 20. The molecule has 16 N–H and O–H groups in total. The Labute approximate surface area is 445 Å². The predicted octanol–water partition coefficient (Wildman–Crippen LogP) is -5.34. The largest absolute Gasteiger partial charge is 0.494 e. The van der Waals surface area contributed by atoms with Gasteiger partial charge in [-0.1, -0.05) is 0 Å². The molecule has 4 aliphatic rings. The van der Waals surface area contributed by atoms with Gasteiger partial charge in [0.15, 0.2) is 25.2 Å². The minimum Gasteiger partial charge on any atom is -0.494 e. The van der Waals surface area contributed by atoms with E-state index in [0.29, 0.717) is 11.4 Å². The molecule has 2 amide bonds. The molecule has 33 heteroatoms. The fraction of sp³-hybridized carbons (Fsp3) is 0.565. The van der Waals surface area contributed by atoms with Crippen molar-refractivity contribution in [2.75, 3.05) is 33.4 Å². The van der Waals surface area contributed by atoms with Gasteiger partial charge in [-0.3, -0.25) is 19.7 Å². The molecule has 21 atom stereocenters. The van der Waals surface area contributed by atoms with Crippen LogP contribution in [0.4, 0.5) is 28.4 Å². The lowest BCUT2D eigenvalue weighted by Gasteiger charge is -2.45. The number of azo groups is 2. The quantitative estimate of drug-likeness (QED) is 0.0217. The van der Waals surface area contributed by atoms with Crippen molar-refractivity contribution in [3.63, 3.8) is 0 Å². The average molecular weight is 1130 g/mol. The Morgan fingerprint density at radius 2 is 0.987 bits per heavy atom. The third-order valence-corrected chi connectivity index (χ3v) is 12.9. The number of ether oxygens (including phenoxy) is 8. The highest BCUT2D eigenvalue weighted by Crippen LogP contribution is 2.35. The summed E-state index contributed by atoms with van der Waals surface area (Å²) in [5, 5.41) is 178. The molecule has 0 spiro atoms. The Balaban J connectivity index is 1.06. The van der Waals surface area contributed by atoms with Crippen LogP contribution in [0.25, 0.3) is 0 Å². The van der Waals surface area contributed by atoms with E-state index in [1.165, 1.54) is 67.8 Å². The average Bonchev–Trinajstić information content (AvgIpc) is 3.47. The Bertz CT molecular complexity index is 2480. The van der Waals surface area contributed by atoms with Gasteiger partial charge in [0.25, 0.3) is 23.6 Å². The molecule has 4 fully saturated rings. The SMILES string of the molecule is COc1cc(N=Nc2ccc([N+](=O)[O-])cc2)ccc1N=Nc1ccc(OC(C(=O)NC[C@H]2O[C@@H](O[C@H]3[C@H](O)[C@@H](O)[C@H](O)O[C@@H]3CO)[C@H](O)[C@@H](O)[C@H]2O)C(=O)NC[C@H]2O[C@@H](O[C@H]3[C@H](O)[C@@H](O)C(O)O[C@@H]3CO)[C@H](O)[C@@H](O)[C@H]2O)cc1. The van der Waals surface area contributed by atoms with Crippen molar-refractivity contribution < 1.29 is 124 Å². The van der Waals surface area contributed by atoms with Crippen LogP contribution in [-0.4, -0.2) is 251 Å². The number of nitro groups is 1. The van der Waals surface area contributed by atoms with Crippen molar-refractivity contribution in [3.05, 3.63) is 76.8 Å². The molecule has 434 valence electrons. The summed E-state index contributed by atoms with van der Waals surface area (Å²) in [5.74, 6) is -2.47. The topological polar surface area (TPSA) is 508 Å². The van der Waals surface area contributed by atoms with Crippen molar-refractivity contribution >= 4 is 40.3 Å². The lowest BCUT2D eigenvalue weighted by atomic mass is 9.96. The lowest BCUT2D eigenvalue weighted by molar-refractivity contribution is -0.384. The van der Waals surface area contributed by atoms with Crippen molar-refractivity contribution in [2.45, 2.75) is 129 Å². The normalized spacial score (nSPS) is 35.4. The van der Waals surface area contributed by atoms with Crippen LogP contribution in [0.1, 0.15) is 0 Å². The van der Waals surface area contributed by atoms with E-state index in [4.69, 9.17) is 37.9 Å². The zero-order chi connectivity index (χ0) is 57.4. The molecular formula is C46H59N7O26. The first-order chi connectivity index (χ1) is 37.6. The second kappa shape index (κ2) is 27.0. The standard InChI is InChI=1S/C46H59N7O26/c1-72-23-12-19(51-49-17-2-7-20(8-3-17)53(70)71)6-11-22(23)52-50-18-4-9-21(10-5-18)73-40(41(66)47-13-24-28(56)30(58)36(64)45(76-24)78-38-26(15-54)74-43(68)34(62)32(38)60)42(67)48-14-25-29(57)31(59)37(65)46(77-25)79-39-27(16-55)75-44(69)35(63)33(39)61/h2-12,24-40,43-46,54-65,68-69H,13-16H2,1H3,(H,47,66)(H,48,67)/t24-,25-,26-,27-,28+,29+,30+,31+,32-,33-,34-,35-,36-,37-,38-,39-,40?,43-,44?,45+,46+/m1/s1. The van der Waals surface area contributed by atoms with E-state index in [1.54, 1.807) is 6.07 Å². The van der Waals surface area contributed by atoms with Crippen LogP contribution in [0, 0.1) is 10.1 Å². The molecule has 0 bridgehead atoms. The van der Waals surface area contributed by atoms with E-state index in [-0.39, 0.29) is 28.6 Å². The number of hydrogen-bond donors (Lipinski definition) is 16. The molecule has 33 nitrogen and oxygen atoms in total. The molecule has 0 saturated carbocycles. The summed E-state index contributed by atoms with van der Waals surface area (Å²) >= 11 is 0. The van der Waals surface area contributed by atoms with Gasteiger partial charge in [0.05, 0.1) is 42.3 Å². The lowest BCUT2D eigenvalue weighted by Crippen LogP contribution is -2.65. The van der Waals surface area contributed by atoms with Gasteiger partial charge in [-0.15, -0.1) is 5.11 Å². The zero-order valence-corrected chi connectivity index (χ0v) is 41.2. The minimum absolute atomic E-state index is 0.120. The van der Waals surface area contributed by atoms with Crippen LogP contribution < -0.4 is 20.1 Å². The maximum atomic E-state index is 14.0. The highest BCUT2D eigenvalue weighted by Gasteiger charge is 2.52. The molecule has 4 heterocycles. The van der Waals surface area contributed by atoms with Crippen molar-refractivity contribution in [1.82, 2.24) is 10.6 Å². The first kappa shape index (κ1) is 60.6. The van der Waals surface area contributed by atoms with Crippen molar-refractivity contribution in [2.24, 2.45) is 20.5 Å². The predicted molar refractivity (Wildman–Crippen MR) is 254 cm³/mol. The Kier molecular flexibility index (Phi) is 20.7. The molecule has 0 radical (unpaired) electrons. The molecular weight excluding hydrogens is 1070 g/mol. The number of aliphatic hydroxyl groups is 14. The van der Waals surface area contributed by atoms with Gasteiger partial charge in [-0.2, -0.15) is 15.3 Å². The maximum absolute atomic E-state index is 14.0. The fourth-order valence-electron chi connectivity index (χ4n) is 8.40. The fourth-order valence-corrected chi connectivity index (χ4v) is 8.40. The highest BCUT2D eigenvalue weighted by atomic mass is 16.7. The first-order valence-electron chi connectivity index (χ1n) is 24.0. The Hall–Kier alpha value is -6.00. The van der Waals surface area contributed by atoms with Crippen LogP contribution >= 0.6 is 0 Å². The summed E-state index contributed by atoms with van der Waals surface area (Å²) in [6.07, 6.45) is -39.7. The van der Waals surface area contributed by atoms with Gasteiger partial charge < -0.3 is 120 Å². The number of aliphatic hydroxyl groups excluding tert-OH is 14. The number of nitrogens with one attached hydrogen (secondary N) is 2. The minimum atomic E-state index is -2.21. The van der Waals surface area contributed by atoms with E-state index in [0.717, 1.165) is 0 Å². The second-order valence-electron chi connectivity index (χ2n) is 18.2. The third kappa shape index (κ3) is 14.3. The number of nitrogens with zero attached hydrogens (tertiary/aromatic N) is 5. The molecule has 0 aromatic heterocycles. The van der Waals surface area contributed by atoms with Gasteiger partial charge in [-0.05, 0) is 48.5 Å².